The monoisotopic (exact) mass is 379 g/mol. The minimum atomic E-state index is -4.30. The molecule has 10 heteroatoms. The lowest BCUT2D eigenvalue weighted by atomic mass is 10.3. The van der Waals surface area contributed by atoms with Crippen LogP contribution >= 0.6 is 11.6 Å². The van der Waals surface area contributed by atoms with E-state index in [2.05, 4.69) is 20.7 Å². The molecule has 130 valence electrons. The predicted octanol–water partition coefficient (Wildman–Crippen LogP) is 2.59. The molecule has 0 saturated heterocycles. The molecule has 0 saturated carbocycles. The van der Waals surface area contributed by atoms with E-state index in [0.717, 1.165) is 5.69 Å². The minimum Gasteiger partial charge on any atom is -0.345 e. The number of hydrazine groups is 1. The molecule has 0 aromatic heterocycles. The lowest BCUT2D eigenvalue weighted by Crippen LogP contribution is -2.44. The van der Waals surface area contributed by atoms with Gasteiger partial charge in [-0.15, -0.1) is 0 Å². The smallest absolute Gasteiger partial charge is 0.294 e. The zero-order valence-electron chi connectivity index (χ0n) is 12.7. The van der Waals surface area contributed by atoms with Crippen LogP contribution in [0.5, 0.6) is 0 Å². The summed E-state index contributed by atoms with van der Waals surface area (Å²) in [4.78, 5) is 7.88. The van der Waals surface area contributed by atoms with E-state index >= 15 is 0 Å². The highest BCUT2D eigenvalue weighted by Crippen LogP contribution is 2.19. The van der Waals surface area contributed by atoms with E-state index in [1.165, 1.54) is 24.5 Å². The van der Waals surface area contributed by atoms with Crippen LogP contribution in [0.25, 0.3) is 0 Å². The first-order chi connectivity index (χ1) is 11.9. The number of aliphatic imine (C=N–C) groups is 2. The number of hydrogen-bond acceptors (Lipinski definition) is 7. The Hall–Kier alpha value is -2.62. The van der Waals surface area contributed by atoms with Crippen LogP contribution in [0.3, 0.4) is 0 Å². The Morgan fingerprint density at radius 1 is 1.08 bits per heavy atom. The summed E-state index contributed by atoms with van der Waals surface area (Å²) in [7, 11) is -4.30. The summed E-state index contributed by atoms with van der Waals surface area (Å²) in [6, 6.07) is 15.1. The molecule has 0 aliphatic carbocycles. The highest BCUT2D eigenvalue weighted by Gasteiger charge is 2.20. The number of amidine groups is 1. The van der Waals surface area contributed by atoms with E-state index in [1.807, 2.05) is 30.3 Å². The molecule has 3 N–H and O–H groups in total. The van der Waals surface area contributed by atoms with Gasteiger partial charge >= 0.3 is 0 Å². The summed E-state index contributed by atoms with van der Waals surface area (Å²) in [6.07, 6.45) is 0.786. The number of nitrogens with one attached hydrogen (secondary N) is 2. The van der Waals surface area contributed by atoms with Crippen LogP contribution in [0.4, 0.5) is 11.4 Å². The standard InChI is InChI=1S/C15H14ClN5O3S/c16-14-17-10-21(20-11-5-2-1-3-6-11)15(19-14)18-12-7-4-8-13(9-12)25(22,23)24/h1-10,15,18,20H,(H,22,23,24). The molecule has 25 heavy (non-hydrogen) atoms. The van der Waals surface area contributed by atoms with Gasteiger partial charge in [-0.05, 0) is 41.9 Å². The van der Waals surface area contributed by atoms with E-state index in [0.29, 0.717) is 5.69 Å². The fourth-order valence-corrected chi connectivity index (χ4v) is 2.78. The minimum absolute atomic E-state index is 0.0505. The van der Waals surface area contributed by atoms with Gasteiger partial charge in [-0.1, -0.05) is 24.3 Å². The molecule has 1 atom stereocenters. The van der Waals surface area contributed by atoms with Crippen molar-refractivity contribution < 1.29 is 13.0 Å². The topological polar surface area (TPSA) is 106 Å². The molecule has 2 aromatic carbocycles. The van der Waals surface area contributed by atoms with Gasteiger partial charge in [0.2, 0.25) is 11.6 Å². The lowest BCUT2D eigenvalue weighted by Gasteiger charge is -2.31. The summed E-state index contributed by atoms with van der Waals surface area (Å²) in [6.45, 7) is 0. The Labute approximate surface area is 149 Å². The lowest BCUT2D eigenvalue weighted by molar-refractivity contribution is 0.414. The second-order valence-electron chi connectivity index (χ2n) is 5.05. The number of halogens is 1. The first-order valence-corrected chi connectivity index (χ1v) is 8.95. The van der Waals surface area contributed by atoms with Crippen molar-refractivity contribution >= 4 is 44.7 Å². The van der Waals surface area contributed by atoms with Crippen LogP contribution in [0.1, 0.15) is 0 Å². The second-order valence-corrected chi connectivity index (χ2v) is 6.81. The van der Waals surface area contributed by atoms with Crippen LogP contribution < -0.4 is 10.7 Å². The van der Waals surface area contributed by atoms with Crippen LogP contribution in [-0.2, 0) is 10.1 Å². The van der Waals surface area contributed by atoms with Gasteiger partial charge in [-0.3, -0.25) is 9.98 Å². The molecule has 0 bridgehead atoms. The van der Waals surface area contributed by atoms with Crippen molar-refractivity contribution in [3.8, 4) is 0 Å². The van der Waals surface area contributed by atoms with Crippen LogP contribution in [0, 0.1) is 0 Å². The number of para-hydroxylation sites is 1. The molecule has 1 unspecified atom stereocenters. The maximum Gasteiger partial charge on any atom is 0.294 e. The van der Waals surface area contributed by atoms with Gasteiger partial charge in [0.15, 0.2) is 0 Å². The van der Waals surface area contributed by atoms with Gasteiger partial charge < -0.3 is 5.32 Å². The number of rotatable bonds is 5. The normalized spacial score (nSPS) is 17.1. The van der Waals surface area contributed by atoms with Gasteiger partial charge in [-0.25, -0.2) is 15.0 Å². The Morgan fingerprint density at radius 2 is 1.80 bits per heavy atom. The number of nitrogens with zero attached hydrogens (tertiary/aromatic N) is 3. The Balaban J connectivity index is 1.82. The largest absolute Gasteiger partial charge is 0.345 e. The van der Waals surface area contributed by atoms with Crippen LogP contribution in [0.2, 0.25) is 0 Å². The average Bonchev–Trinajstić information content (AvgIpc) is 2.58. The molecule has 2 aromatic rings. The second kappa shape index (κ2) is 7.09. The highest BCUT2D eigenvalue weighted by molar-refractivity contribution is 7.85. The number of hydrogen-bond donors (Lipinski definition) is 3. The SMILES string of the molecule is O=S(=O)(O)c1cccc(NC2N=C(Cl)N=CN2Nc2ccccc2)c1. The molecule has 1 heterocycles. The van der Waals surface area contributed by atoms with Crippen molar-refractivity contribution in [1.29, 1.82) is 0 Å². The van der Waals surface area contributed by atoms with Crippen molar-refractivity contribution in [2.45, 2.75) is 11.2 Å². The molecule has 3 rings (SSSR count). The van der Waals surface area contributed by atoms with E-state index in [1.54, 1.807) is 11.1 Å². The third-order valence-electron chi connectivity index (χ3n) is 3.24. The zero-order valence-corrected chi connectivity index (χ0v) is 14.3. The van der Waals surface area contributed by atoms with Gasteiger partial charge in [0.05, 0.1) is 10.6 Å². The van der Waals surface area contributed by atoms with E-state index in [4.69, 9.17) is 16.2 Å². The van der Waals surface area contributed by atoms with Gasteiger partial charge in [-0.2, -0.15) is 8.42 Å². The maximum absolute atomic E-state index is 11.3. The Morgan fingerprint density at radius 3 is 2.52 bits per heavy atom. The summed E-state index contributed by atoms with van der Waals surface area (Å²) in [5.74, 6) is 0. The molecular formula is C15H14ClN5O3S. The van der Waals surface area contributed by atoms with Crippen LogP contribution in [0.15, 0.2) is 69.5 Å². The quantitative estimate of drug-likeness (QED) is 0.544. The number of benzene rings is 2. The van der Waals surface area contributed by atoms with E-state index in [9.17, 15) is 8.42 Å². The Bertz CT molecular complexity index is 918. The summed E-state index contributed by atoms with van der Waals surface area (Å²) >= 11 is 5.87. The van der Waals surface area contributed by atoms with Crippen molar-refractivity contribution in [3.05, 3.63) is 54.6 Å². The molecule has 1 aliphatic heterocycles. The molecule has 0 fully saturated rings. The van der Waals surface area contributed by atoms with Crippen molar-refractivity contribution in [3.63, 3.8) is 0 Å². The van der Waals surface area contributed by atoms with Gasteiger partial charge in [0, 0.05) is 5.69 Å². The maximum atomic E-state index is 11.3. The Kier molecular flexibility index (Phi) is 4.88. The van der Waals surface area contributed by atoms with Crippen LogP contribution in [-0.4, -0.2) is 35.9 Å². The molecule has 1 aliphatic rings. The zero-order chi connectivity index (χ0) is 17.9. The summed E-state index contributed by atoms with van der Waals surface area (Å²) in [5.41, 5.74) is 4.34. The molecule has 8 nitrogen and oxygen atoms in total. The van der Waals surface area contributed by atoms with E-state index in [-0.39, 0.29) is 10.2 Å². The average molecular weight is 380 g/mol. The molecular weight excluding hydrogens is 366 g/mol. The fourth-order valence-electron chi connectivity index (χ4n) is 2.12. The number of anilines is 2. The third-order valence-corrected chi connectivity index (χ3v) is 4.29. The van der Waals surface area contributed by atoms with Gasteiger partial charge in [0.1, 0.15) is 6.34 Å². The highest BCUT2D eigenvalue weighted by atomic mass is 35.5. The summed E-state index contributed by atoms with van der Waals surface area (Å²) < 4.78 is 31.7. The van der Waals surface area contributed by atoms with E-state index < -0.39 is 16.4 Å². The van der Waals surface area contributed by atoms with Gasteiger partial charge in [0.25, 0.3) is 10.1 Å². The molecule has 0 amide bonds. The fraction of sp³-hybridized carbons (Fsp3) is 0.0667. The third kappa shape index (κ3) is 4.47. The first kappa shape index (κ1) is 17.2. The van der Waals surface area contributed by atoms with Crippen molar-refractivity contribution in [2.24, 2.45) is 9.98 Å². The molecule has 0 spiro atoms. The first-order valence-electron chi connectivity index (χ1n) is 7.13. The summed E-state index contributed by atoms with van der Waals surface area (Å²) in [5, 5.41) is 4.64. The van der Waals surface area contributed by atoms with Crippen molar-refractivity contribution in [2.75, 3.05) is 10.7 Å². The predicted molar refractivity (Wildman–Crippen MR) is 97.4 cm³/mol. The van der Waals surface area contributed by atoms with Crippen molar-refractivity contribution in [1.82, 2.24) is 5.01 Å². The molecule has 0 radical (unpaired) electrons.